The molecule has 110 valence electrons. The van der Waals surface area contributed by atoms with E-state index in [9.17, 15) is 4.39 Å². The number of nitrogens with zero attached hydrogens (tertiary/aromatic N) is 1. The van der Waals surface area contributed by atoms with Crippen molar-refractivity contribution in [2.75, 3.05) is 18.0 Å². The molecular weight excluding hydrogens is 287 g/mol. The molecule has 1 fully saturated rings. The van der Waals surface area contributed by atoms with Gasteiger partial charge in [-0.3, -0.25) is 0 Å². The third-order valence-corrected chi connectivity index (χ3v) is 4.23. The summed E-state index contributed by atoms with van der Waals surface area (Å²) < 4.78 is 13.1. The quantitative estimate of drug-likeness (QED) is 0.914. The average molecular weight is 305 g/mol. The van der Waals surface area contributed by atoms with Gasteiger partial charge in [-0.05, 0) is 42.3 Å². The number of rotatable bonds is 2. The number of nitrogens with two attached hydrogens (primary N) is 1. The highest BCUT2D eigenvalue weighted by atomic mass is 35.5. The van der Waals surface area contributed by atoms with E-state index in [4.69, 9.17) is 17.3 Å². The maximum Gasteiger partial charge on any atom is 0.123 e. The molecule has 2 atom stereocenters. The van der Waals surface area contributed by atoms with Crippen molar-refractivity contribution in [3.05, 3.63) is 64.9 Å². The Morgan fingerprint density at radius 3 is 2.57 bits per heavy atom. The SMILES string of the molecule is NC1CC(c2ccc(F)cc2)CN(c2cccc(Cl)c2)C1. The summed E-state index contributed by atoms with van der Waals surface area (Å²) in [7, 11) is 0. The molecule has 0 aliphatic carbocycles. The highest BCUT2D eigenvalue weighted by Crippen LogP contribution is 2.30. The fraction of sp³-hybridized carbons (Fsp3) is 0.294. The van der Waals surface area contributed by atoms with Crippen molar-refractivity contribution in [3.63, 3.8) is 0 Å². The molecule has 21 heavy (non-hydrogen) atoms. The van der Waals surface area contributed by atoms with Crippen molar-refractivity contribution in [2.45, 2.75) is 18.4 Å². The summed E-state index contributed by atoms with van der Waals surface area (Å²) in [6, 6.07) is 14.7. The molecule has 1 aliphatic heterocycles. The second kappa shape index (κ2) is 6.04. The first kappa shape index (κ1) is 14.4. The molecule has 2 unspecified atom stereocenters. The third-order valence-electron chi connectivity index (χ3n) is 4.00. The Balaban J connectivity index is 1.83. The van der Waals surface area contributed by atoms with Gasteiger partial charge in [-0.25, -0.2) is 4.39 Å². The van der Waals surface area contributed by atoms with E-state index in [0.29, 0.717) is 5.92 Å². The Morgan fingerprint density at radius 1 is 1.10 bits per heavy atom. The van der Waals surface area contributed by atoms with Crippen LogP contribution in [-0.4, -0.2) is 19.1 Å². The van der Waals surface area contributed by atoms with Gasteiger partial charge in [0.2, 0.25) is 0 Å². The van der Waals surface area contributed by atoms with Crippen LogP contribution in [-0.2, 0) is 0 Å². The van der Waals surface area contributed by atoms with E-state index in [-0.39, 0.29) is 11.9 Å². The lowest BCUT2D eigenvalue weighted by Crippen LogP contribution is -2.46. The third kappa shape index (κ3) is 3.36. The second-order valence-electron chi connectivity index (χ2n) is 5.63. The fourth-order valence-electron chi connectivity index (χ4n) is 3.00. The minimum atomic E-state index is -0.203. The Bertz CT molecular complexity index is 614. The van der Waals surface area contributed by atoms with Crippen LogP contribution in [0.3, 0.4) is 0 Å². The van der Waals surface area contributed by atoms with Gasteiger partial charge in [0.05, 0.1) is 0 Å². The van der Waals surface area contributed by atoms with Crippen LogP contribution in [0.1, 0.15) is 17.9 Å². The molecule has 1 saturated heterocycles. The molecule has 2 aromatic rings. The summed E-state index contributed by atoms with van der Waals surface area (Å²) in [5.74, 6) is 0.110. The highest BCUT2D eigenvalue weighted by Gasteiger charge is 2.26. The Labute approximate surface area is 129 Å². The second-order valence-corrected chi connectivity index (χ2v) is 6.07. The maximum absolute atomic E-state index is 13.1. The van der Waals surface area contributed by atoms with Gasteiger partial charge in [0.25, 0.3) is 0 Å². The maximum atomic E-state index is 13.1. The summed E-state index contributed by atoms with van der Waals surface area (Å²) in [6.07, 6.45) is 0.919. The summed E-state index contributed by atoms with van der Waals surface area (Å²) >= 11 is 6.07. The number of piperidine rings is 1. The van der Waals surface area contributed by atoms with Gasteiger partial charge >= 0.3 is 0 Å². The predicted octanol–water partition coefficient (Wildman–Crippen LogP) is 3.80. The van der Waals surface area contributed by atoms with E-state index < -0.39 is 0 Å². The van der Waals surface area contributed by atoms with Crippen molar-refractivity contribution >= 4 is 17.3 Å². The largest absolute Gasteiger partial charge is 0.369 e. The van der Waals surface area contributed by atoms with Crippen molar-refractivity contribution < 1.29 is 4.39 Å². The van der Waals surface area contributed by atoms with Crippen LogP contribution in [0.25, 0.3) is 0 Å². The first-order valence-corrected chi connectivity index (χ1v) is 7.51. The number of anilines is 1. The van der Waals surface area contributed by atoms with Crippen LogP contribution in [0, 0.1) is 5.82 Å². The van der Waals surface area contributed by atoms with Crippen LogP contribution in [0.2, 0.25) is 5.02 Å². The molecule has 1 heterocycles. The minimum absolute atomic E-state index is 0.104. The molecule has 2 aromatic carbocycles. The average Bonchev–Trinajstić information content (AvgIpc) is 2.47. The standard InChI is InChI=1S/C17H18ClFN2/c18-14-2-1-3-17(9-14)21-10-13(8-16(20)11-21)12-4-6-15(19)7-5-12/h1-7,9,13,16H,8,10-11,20H2. The Morgan fingerprint density at radius 2 is 1.86 bits per heavy atom. The van der Waals surface area contributed by atoms with Crippen molar-refractivity contribution in [1.82, 2.24) is 0 Å². The zero-order valence-electron chi connectivity index (χ0n) is 11.7. The van der Waals surface area contributed by atoms with E-state index in [2.05, 4.69) is 4.90 Å². The number of benzene rings is 2. The van der Waals surface area contributed by atoms with E-state index >= 15 is 0 Å². The van der Waals surface area contributed by atoms with Crippen LogP contribution in [0.15, 0.2) is 48.5 Å². The van der Waals surface area contributed by atoms with Gasteiger partial charge in [-0.15, -0.1) is 0 Å². The molecule has 0 bridgehead atoms. The molecule has 0 saturated carbocycles. The number of hydrogen-bond acceptors (Lipinski definition) is 2. The van der Waals surface area contributed by atoms with Gasteiger partial charge in [-0.1, -0.05) is 29.8 Å². The zero-order chi connectivity index (χ0) is 14.8. The predicted molar refractivity (Wildman–Crippen MR) is 85.4 cm³/mol. The van der Waals surface area contributed by atoms with Crippen molar-refractivity contribution in [3.8, 4) is 0 Å². The minimum Gasteiger partial charge on any atom is -0.369 e. The monoisotopic (exact) mass is 304 g/mol. The van der Waals surface area contributed by atoms with Crippen LogP contribution < -0.4 is 10.6 Å². The van der Waals surface area contributed by atoms with Gasteiger partial charge in [0, 0.05) is 35.8 Å². The lowest BCUT2D eigenvalue weighted by molar-refractivity contribution is 0.453. The normalized spacial score (nSPS) is 22.3. The highest BCUT2D eigenvalue weighted by molar-refractivity contribution is 6.30. The van der Waals surface area contributed by atoms with E-state index in [1.165, 1.54) is 12.1 Å². The van der Waals surface area contributed by atoms with E-state index in [1.807, 2.05) is 36.4 Å². The molecule has 4 heteroatoms. The van der Waals surface area contributed by atoms with Crippen LogP contribution in [0.4, 0.5) is 10.1 Å². The fourth-order valence-corrected chi connectivity index (χ4v) is 3.18. The molecule has 0 aromatic heterocycles. The zero-order valence-corrected chi connectivity index (χ0v) is 12.4. The molecular formula is C17H18ClFN2. The summed E-state index contributed by atoms with van der Waals surface area (Å²) in [6.45, 7) is 1.69. The van der Waals surface area contributed by atoms with E-state index in [1.54, 1.807) is 0 Å². The van der Waals surface area contributed by atoms with Gasteiger partial charge in [0.1, 0.15) is 5.82 Å². The topological polar surface area (TPSA) is 29.3 Å². The Kier molecular flexibility index (Phi) is 4.13. The molecule has 2 nitrogen and oxygen atoms in total. The lowest BCUT2D eigenvalue weighted by atomic mass is 9.88. The van der Waals surface area contributed by atoms with Gasteiger partial charge < -0.3 is 10.6 Å². The van der Waals surface area contributed by atoms with Gasteiger partial charge in [0.15, 0.2) is 0 Å². The summed E-state index contributed by atoms with van der Waals surface area (Å²) in [5.41, 5.74) is 8.43. The van der Waals surface area contributed by atoms with Gasteiger partial charge in [-0.2, -0.15) is 0 Å². The molecule has 0 radical (unpaired) electrons. The smallest absolute Gasteiger partial charge is 0.123 e. The summed E-state index contributed by atoms with van der Waals surface area (Å²) in [5, 5.41) is 0.727. The molecule has 0 spiro atoms. The molecule has 0 amide bonds. The van der Waals surface area contributed by atoms with Crippen molar-refractivity contribution in [1.29, 1.82) is 0 Å². The first-order valence-electron chi connectivity index (χ1n) is 7.13. The molecule has 2 N–H and O–H groups in total. The first-order chi connectivity index (χ1) is 10.1. The van der Waals surface area contributed by atoms with E-state index in [0.717, 1.165) is 35.8 Å². The van der Waals surface area contributed by atoms with Crippen molar-refractivity contribution in [2.24, 2.45) is 5.73 Å². The van der Waals surface area contributed by atoms with Crippen LogP contribution in [0.5, 0.6) is 0 Å². The lowest BCUT2D eigenvalue weighted by Gasteiger charge is -2.38. The molecule has 1 aliphatic rings. The molecule has 3 rings (SSSR count). The number of hydrogen-bond donors (Lipinski definition) is 1. The Hall–Kier alpha value is -1.58. The number of halogens is 2. The van der Waals surface area contributed by atoms with Crippen LogP contribution >= 0.6 is 11.6 Å². The summed E-state index contributed by atoms with van der Waals surface area (Å²) in [4.78, 5) is 2.26.